The molecule has 1 amide bonds. The fraction of sp³-hybridized carbons (Fsp3) is 0.364. The summed E-state index contributed by atoms with van der Waals surface area (Å²) in [4.78, 5) is 27.0. The first kappa shape index (κ1) is 21.3. The summed E-state index contributed by atoms with van der Waals surface area (Å²) in [5.74, 6) is 1.06. The van der Waals surface area contributed by atoms with Gasteiger partial charge in [-0.05, 0) is 36.4 Å². The molecule has 4 rings (SSSR count). The topological polar surface area (TPSA) is 55.8 Å². The van der Waals surface area contributed by atoms with Crippen molar-refractivity contribution in [1.82, 2.24) is 4.90 Å². The van der Waals surface area contributed by atoms with Gasteiger partial charge in [-0.25, -0.2) is 0 Å². The van der Waals surface area contributed by atoms with Gasteiger partial charge in [-0.2, -0.15) is 0 Å². The molecule has 2 aliphatic rings. The number of fused-ring (bicyclic) bond motifs is 1. The van der Waals surface area contributed by atoms with Crippen LogP contribution in [0.5, 0.6) is 11.5 Å². The SMILES string of the molecule is O=C1CC2(CCN(C(=O)CCOc3ccc(Cl)cc3)CC2)Oc2c(Cl)cc(Cl)cc21. The standard InChI is InChI=1S/C22H20Cl3NO4/c23-14-1-3-16(4-2-14)29-10-5-20(28)26-8-6-22(7-9-26)13-19(27)17-11-15(24)12-18(25)21(17)30-22/h1-4,11-12H,5-10,13H2. The monoisotopic (exact) mass is 467 g/mol. The van der Waals surface area contributed by atoms with Gasteiger partial charge in [-0.15, -0.1) is 0 Å². The molecular formula is C22H20Cl3NO4. The zero-order chi connectivity index (χ0) is 21.3. The molecule has 5 nitrogen and oxygen atoms in total. The number of carbonyl (C=O) groups excluding carboxylic acids is 2. The molecule has 0 aromatic heterocycles. The summed E-state index contributed by atoms with van der Waals surface area (Å²) in [6.07, 6.45) is 1.68. The zero-order valence-electron chi connectivity index (χ0n) is 16.1. The number of carbonyl (C=O) groups is 2. The highest BCUT2D eigenvalue weighted by Gasteiger charge is 2.44. The molecule has 2 aromatic rings. The lowest BCUT2D eigenvalue weighted by Gasteiger charge is -2.44. The molecule has 0 saturated carbocycles. The lowest BCUT2D eigenvalue weighted by Crippen LogP contribution is -2.52. The Balaban J connectivity index is 1.32. The van der Waals surface area contributed by atoms with E-state index < -0.39 is 5.60 Å². The van der Waals surface area contributed by atoms with Gasteiger partial charge in [0.1, 0.15) is 17.1 Å². The Morgan fingerprint density at radius 1 is 1.07 bits per heavy atom. The van der Waals surface area contributed by atoms with E-state index in [0.29, 0.717) is 64.7 Å². The third-order valence-electron chi connectivity index (χ3n) is 5.54. The number of halogens is 3. The predicted octanol–water partition coefficient (Wildman–Crippen LogP) is 5.44. The fourth-order valence-corrected chi connectivity index (χ4v) is 4.56. The van der Waals surface area contributed by atoms with Gasteiger partial charge in [-0.3, -0.25) is 9.59 Å². The van der Waals surface area contributed by atoms with Gasteiger partial charge in [-0.1, -0.05) is 34.8 Å². The quantitative estimate of drug-likeness (QED) is 0.599. The summed E-state index contributed by atoms with van der Waals surface area (Å²) in [5, 5.41) is 1.38. The summed E-state index contributed by atoms with van der Waals surface area (Å²) < 4.78 is 11.8. The Bertz CT molecular complexity index is 969. The molecule has 0 bridgehead atoms. The second-order valence-electron chi connectivity index (χ2n) is 7.58. The van der Waals surface area contributed by atoms with Gasteiger partial charge in [0.25, 0.3) is 0 Å². The van der Waals surface area contributed by atoms with Crippen LogP contribution in [0.2, 0.25) is 15.1 Å². The van der Waals surface area contributed by atoms with Crippen LogP contribution in [0, 0.1) is 0 Å². The van der Waals surface area contributed by atoms with Gasteiger partial charge < -0.3 is 14.4 Å². The third-order valence-corrected chi connectivity index (χ3v) is 6.29. The van der Waals surface area contributed by atoms with E-state index in [1.165, 1.54) is 0 Å². The lowest BCUT2D eigenvalue weighted by atomic mass is 9.82. The maximum absolute atomic E-state index is 12.7. The molecule has 1 spiro atoms. The number of nitrogens with zero attached hydrogens (tertiary/aromatic N) is 1. The average Bonchev–Trinajstić information content (AvgIpc) is 2.71. The van der Waals surface area contributed by atoms with Crippen molar-refractivity contribution < 1.29 is 19.1 Å². The average molecular weight is 469 g/mol. The van der Waals surface area contributed by atoms with Crippen molar-refractivity contribution in [3.63, 3.8) is 0 Å². The van der Waals surface area contributed by atoms with E-state index in [2.05, 4.69) is 0 Å². The Morgan fingerprint density at radius 3 is 2.47 bits per heavy atom. The fourth-order valence-electron chi connectivity index (χ4n) is 3.90. The lowest BCUT2D eigenvalue weighted by molar-refractivity contribution is -0.135. The molecule has 1 fully saturated rings. The number of Topliss-reactive ketones (excluding diaryl/α,β-unsaturated/α-hetero) is 1. The van der Waals surface area contributed by atoms with Gasteiger partial charge in [0.05, 0.1) is 30.0 Å². The number of ketones is 1. The number of benzene rings is 2. The van der Waals surface area contributed by atoms with Crippen LogP contribution >= 0.6 is 34.8 Å². The molecule has 2 heterocycles. The molecule has 2 aromatic carbocycles. The predicted molar refractivity (Wildman–Crippen MR) is 116 cm³/mol. The van der Waals surface area contributed by atoms with Crippen molar-refractivity contribution >= 4 is 46.5 Å². The van der Waals surface area contributed by atoms with E-state index in [4.69, 9.17) is 44.3 Å². The van der Waals surface area contributed by atoms with E-state index in [1.807, 2.05) is 0 Å². The third kappa shape index (κ3) is 4.53. The highest BCUT2D eigenvalue weighted by Crippen LogP contribution is 2.44. The van der Waals surface area contributed by atoms with E-state index in [9.17, 15) is 9.59 Å². The van der Waals surface area contributed by atoms with Crippen LogP contribution in [0.25, 0.3) is 0 Å². The highest BCUT2D eigenvalue weighted by molar-refractivity contribution is 6.36. The molecular weight excluding hydrogens is 449 g/mol. The van der Waals surface area contributed by atoms with Crippen LogP contribution < -0.4 is 9.47 Å². The zero-order valence-corrected chi connectivity index (χ0v) is 18.4. The summed E-state index contributed by atoms with van der Waals surface area (Å²) in [7, 11) is 0. The van der Waals surface area contributed by atoms with E-state index in [0.717, 1.165) is 0 Å². The van der Waals surface area contributed by atoms with Crippen LogP contribution in [0.1, 0.15) is 36.0 Å². The molecule has 0 N–H and O–H groups in total. The number of likely N-dealkylation sites (tertiary alicyclic amines) is 1. The summed E-state index contributed by atoms with van der Waals surface area (Å²) in [6, 6.07) is 10.2. The number of ether oxygens (including phenoxy) is 2. The van der Waals surface area contributed by atoms with Crippen LogP contribution in [0.15, 0.2) is 36.4 Å². The molecule has 0 aliphatic carbocycles. The van der Waals surface area contributed by atoms with Gasteiger partial charge in [0.2, 0.25) is 5.91 Å². The Morgan fingerprint density at radius 2 is 1.77 bits per heavy atom. The maximum Gasteiger partial charge on any atom is 0.226 e. The Hall–Kier alpha value is -1.95. The molecule has 0 unspecified atom stereocenters. The largest absolute Gasteiger partial charge is 0.493 e. The first-order valence-corrected chi connectivity index (χ1v) is 10.9. The molecule has 0 atom stereocenters. The van der Waals surface area contributed by atoms with Crippen LogP contribution in [-0.4, -0.2) is 41.9 Å². The number of rotatable bonds is 4. The van der Waals surface area contributed by atoms with Crippen molar-refractivity contribution in [1.29, 1.82) is 0 Å². The first-order chi connectivity index (χ1) is 14.3. The molecule has 1 saturated heterocycles. The summed E-state index contributed by atoms with van der Waals surface area (Å²) >= 11 is 18.1. The smallest absolute Gasteiger partial charge is 0.226 e. The van der Waals surface area contributed by atoms with Crippen LogP contribution in [0.3, 0.4) is 0 Å². The van der Waals surface area contributed by atoms with Crippen molar-refractivity contribution in [3.05, 3.63) is 57.0 Å². The number of hydrogen-bond acceptors (Lipinski definition) is 4. The number of piperidine rings is 1. The minimum absolute atomic E-state index is 0.0196. The van der Waals surface area contributed by atoms with Crippen molar-refractivity contribution in [2.45, 2.75) is 31.3 Å². The maximum atomic E-state index is 12.7. The summed E-state index contributed by atoms with van der Waals surface area (Å²) in [5.41, 5.74) is -0.200. The van der Waals surface area contributed by atoms with Crippen molar-refractivity contribution in [2.24, 2.45) is 0 Å². The van der Waals surface area contributed by atoms with Gasteiger partial charge >= 0.3 is 0 Å². The molecule has 158 valence electrons. The minimum atomic E-state index is -0.627. The second-order valence-corrected chi connectivity index (χ2v) is 8.86. The number of hydrogen-bond donors (Lipinski definition) is 0. The van der Waals surface area contributed by atoms with Gasteiger partial charge in [0.15, 0.2) is 5.78 Å². The van der Waals surface area contributed by atoms with E-state index in [-0.39, 0.29) is 24.5 Å². The molecule has 0 radical (unpaired) electrons. The van der Waals surface area contributed by atoms with Crippen molar-refractivity contribution in [2.75, 3.05) is 19.7 Å². The van der Waals surface area contributed by atoms with Crippen LogP contribution in [-0.2, 0) is 4.79 Å². The summed E-state index contributed by atoms with van der Waals surface area (Å²) in [6.45, 7) is 1.34. The molecule has 30 heavy (non-hydrogen) atoms. The minimum Gasteiger partial charge on any atom is -0.493 e. The highest BCUT2D eigenvalue weighted by atomic mass is 35.5. The van der Waals surface area contributed by atoms with E-state index in [1.54, 1.807) is 41.3 Å². The number of amides is 1. The Labute approximate surface area is 189 Å². The molecule has 2 aliphatic heterocycles. The second kappa shape index (κ2) is 8.66. The Kier molecular flexibility index (Phi) is 6.14. The van der Waals surface area contributed by atoms with Gasteiger partial charge in [0, 0.05) is 36.0 Å². The van der Waals surface area contributed by atoms with Crippen LogP contribution in [0.4, 0.5) is 0 Å². The normalized spacial score (nSPS) is 17.4. The van der Waals surface area contributed by atoms with E-state index >= 15 is 0 Å². The first-order valence-electron chi connectivity index (χ1n) is 9.73. The molecule has 8 heteroatoms. The van der Waals surface area contributed by atoms with Crippen molar-refractivity contribution in [3.8, 4) is 11.5 Å².